The van der Waals surface area contributed by atoms with Crippen LogP contribution in [0.15, 0.2) is 23.6 Å². The first kappa shape index (κ1) is 13.8. The number of amides is 1. The minimum atomic E-state index is -0.317. The number of pyridine rings is 1. The molecule has 1 heterocycles. The van der Waals surface area contributed by atoms with E-state index in [2.05, 4.69) is 10.1 Å². The molecule has 4 N–H and O–H groups in total. The molecule has 1 amide bonds. The fourth-order valence-electron chi connectivity index (χ4n) is 1.44. The van der Waals surface area contributed by atoms with Crippen molar-refractivity contribution in [3.8, 4) is 5.75 Å². The van der Waals surface area contributed by atoms with Gasteiger partial charge in [0, 0.05) is 25.7 Å². The number of nitrogens with two attached hydrogens (primary N) is 1. The van der Waals surface area contributed by atoms with E-state index in [4.69, 9.17) is 10.9 Å². The molecule has 0 aliphatic rings. The Morgan fingerprint density at radius 3 is 2.89 bits per heavy atom. The molecule has 1 aromatic rings. The molecule has 0 aliphatic heterocycles. The molecule has 0 radical (unpaired) electrons. The highest BCUT2D eigenvalue weighted by Crippen LogP contribution is 2.16. The number of amidine groups is 1. The molecule has 0 spiro atoms. The van der Waals surface area contributed by atoms with Crippen molar-refractivity contribution in [2.24, 2.45) is 10.9 Å². The Hall–Kier alpha value is -2.31. The predicted octanol–water partition coefficient (Wildman–Crippen LogP) is 0.386. The second-order valence-corrected chi connectivity index (χ2v) is 3.62. The smallest absolute Gasteiger partial charge is 0.257 e. The Kier molecular flexibility index (Phi) is 4.91. The molecule has 7 heteroatoms. The van der Waals surface area contributed by atoms with E-state index >= 15 is 0 Å². The molecule has 0 aliphatic carbocycles. The van der Waals surface area contributed by atoms with Crippen LogP contribution in [-0.4, -0.2) is 45.0 Å². The van der Waals surface area contributed by atoms with E-state index in [1.165, 1.54) is 23.4 Å². The highest BCUT2D eigenvalue weighted by atomic mass is 16.4. The number of hydrogen-bond donors (Lipinski definition) is 3. The van der Waals surface area contributed by atoms with E-state index in [1.807, 2.05) is 6.92 Å². The lowest BCUT2D eigenvalue weighted by atomic mass is 10.2. The van der Waals surface area contributed by atoms with E-state index in [1.54, 1.807) is 0 Å². The Labute approximate surface area is 105 Å². The third-order valence-corrected chi connectivity index (χ3v) is 2.47. The molecule has 1 aromatic heterocycles. The van der Waals surface area contributed by atoms with Crippen molar-refractivity contribution in [3.05, 3.63) is 24.0 Å². The van der Waals surface area contributed by atoms with Crippen LogP contribution in [0.5, 0.6) is 5.75 Å². The van der Waals surface area contributed by atoms with Gasteiger partial charge < -0.3 is 20.9 Å². The maximum atomic E-state index is 12.1. The second-order valence-electron chi connectivity index (χ2n) is 3.62. The van der Waals surface area contributed by atoms with Crippen molar-refractivity contribution in [3.63, 3.8) is 0 Å². The average molecular weight is 252 g/mol. The van der Waals surface area contributed by atoms with Crippen LogP contribution in [0, 0.1) is 0 Å². The number of oxime groups is 1. The largest absolute Gasteiger partial charge is 0.505 e. The van der Waals surface area contributed by atoms with Crippen molar-refractivity contribution in [1.82, 2.24) is 9.88 Å². The summed E-state index contributed by atoms with van der Waals surface area (Å²) in [7, 11) is 0. The zero-order valence-corrected chi connectivity index (χ0v) is 10.1. The number of rotatable bonds is 5. The summed E-state index contributed by atoms with van der Waals surface area (Å²) in [5.41, 5.74) is 5.53. The predicted molar refractivity (Wildman–Crippen MR) is 65.5 cm³/mol. The van der Waals surface area contributed by atoms with Crippen LogP contribution in [0.3, 0.4) is 0 Å². The van der Waals surface area contributed by atoms with Crippen molar-refractivity contribution in [2.75, 3.05) is 13.1 Å². The molecule has 0 fully saturated rings. The summed E-state index contributed by atoms with van der Waals surface area (Å²) in [4.78, 5) is 17.3. The Morgan fingerprint density at radius 2 is 2.33 bits per heavy atom. The van der Waals surface area contributed by atoms with Crippen LogP contribution in [0.4, 0.5) is 0 Å². The molecule has 7 nitrogen and oxygen atoms in total. The molecular formula is C11H16N4O3. The van der Waals surface area contributed by atoms with Crippen LogP contribution < -0.4 is 5.73 Å². The van der Waals surface area contributed by atoms with Gasteiger partial charge in [-0.05, 0) is 13.0 Å². The van der Waals surface area contributed by atoms with E-state index in [-0.39, 0.29) is 29.5 Å². The lowest BCUT2D eigenvalue weighted by Crippen LogP contribution is -2.34. The van der Waals surface area contributed by atoms with Gasteiger partial charge in [0.2, 0.25) is 0 Å². The molecule has 98 valence electrons. The summed E-state index contributed by atoms with van der Waals surface area (Å²) in [6, 6.07) is 1.45. The number of carbonyl (C=O) groups excluding carboxylic acids is 1. The van der Waals surface area contributed by atoms with Gasteiger partial charge in [-0.2, -0.15) is 0 Å². The number of hydrogen-bond acceptors (Lipinski definition) is 5. The fourth-order valence-corrected chi connectivity index (χ4v) is 1.44. The van der Waals surface area contributed by atoms with Gasteiger partial charge in [0.05, 0.1) is 11.8 Å². The Bertz CT molecular complexity index is 448. The first-order chi connectivity index (χ1) is 8.60. The first-order valence-corrected chi connectivity index (χ1v) is 5.48. The molecule has 0 bridgehead atoms. The number of aromatic hydroxyl groups is 1. The minimum absolute atomic E-state index is 0.0557. The molecule has 1 rings (SSSR count). The molecule has 0 saturated carbocycles. The fraction of sp³-hybridized carbons (Fsp3) is 0.364. The van der Waals surface area contributed by atoms with Gasteiger partial charge in [0.25, 0.3) is 5.91 Å². The summed E-state index contributed by atoms with van der Waals surface area (Å²) in [5.74, 6) is -0.423. The first-order valence-electron chi connectivity index (χ1n) is 5.48. The highest BCUT2D eigenvalue weighted by molar-refractivity contribution is 5.96. The summed E-state index contributed by atoms with van der Waals surface area (Å²) in [6.45, 7) is 2.58. The quantitative estimate of drug-likeness (QED) is 0.303. The Balaban J connectivity index is 2.77. The average Bonchev–Trinajstić information content (AvgIpc) is 2.39. The maximum Gasteiger partial charge on any atom is 0.257 e. The molecule has 18 heavy (non-hydrogen) atoms. The van der Waals surface area contributed by atoms with Crippen molar-refractivity contribution < 1.29 is 15.1 Å². The molecule has 0 aromatic carbocycles. The van der Waals surface area contributed by atoms with E-state index < -0.39 is 0 Å². The second kappa shape index (κ2) is 6.43. The third kappa shape index (κ3) is 3.34. The summed E-state index contributed by atoms with van der Waals surface area (Å²) in [5, 5.41) is 20.8. The summed E-state index contributed by atoms with van der Waals surface area (Å²) < 4.78 is 0. The topological polar surface area (TPSA) is 112 Å². The number of nitrogens with zero attached hydrogens (tertiary/aromatic N) is 3. The maximum absolute atomic E-state index is 12.1. The van der Waals surface area contributed by atoms with Gasteiger partial charge in [-0.1, -0.05) is 5.16 Å². The lowest BCUT2D eigenvalue weighted by Gasteiger charge is -2.20. The summed E-state index contributed by atoms with van der Waals surface area (Å²) in [6.07, 6.45) is 2.91. The third-order valence-electron chi connectivity index (χ3n) is 2.47. The van der Waals surface area contributed by atoms with Crippen LogP contribution in [0.1, 0.15) is 23.7 Å². The van der Waals surface area contributed by atoms with Crippen LogP contribution >= 0.6 is 0 Å². The molecule has 0 unspecified atom stereocenters. The van der Waals surface area contributed by atoms with Crippen LogP contribution in [0.25, 0.3) is 0 Å². The van der Waals surface area contributed by atoms with Crippen LogP contribution in [-0.2, 0) is 0 Å². The molecule has 0 saturated heterocycles. The molecular weight excluding hydrogens is 236 g/mol. The van der Waals surface area contributed by atoms with Gasteiger partial charge in [0.15, 0.2) is 0 Å². The number of aromatic nitrogens is 1. The van der Waals surface area contributed by atoms with Gasteiger partial charge in [-0.15, -0.1) is 0 Å². The summed E-state index contributed by atoms with van der Waals surface area (Å²) >= 11 is 0. The van der Waals surface area contributed by atoms with Crippen molar-refractivity contribution in [2.45, 2.75) is 13.3 Å². The monoisotopic (exact) mass is 252 g/mol. The number of carbonyl (C=O) groups is 1. The minimum Gasteiger partial charge on any atom is -0.505 e. The van der Waals surface area contributed by atoms with Crippen LogP contribution in [0.2, 0.25) is 0 Å². The van der Waals surface area contributed by atoms with E-state index in [9.17, 15) is 9.90 Å². The highest BCUT2D eigenvalue weighted by Gasteiger charge is 2.17. The van der Waals surface area contributed by atoms with Crippen molar-refractivity contribution in [1.29, 1.82) is 0 Å². The van der Waals surface area contributed by atoms with Gasteiger partial charge in [-0.3, -0.25) is 9.78 Å². The zero-order valence-electron chi connectivity index (χ0n) is 10.1. The lowest BCUT2D eigenvalue weighted by molar-refractivity contribution is 0.0765. The molecule has 0 atom stereocenters. The standard InChI is InChI=1S/C11H16N4O3/c1-2-15(6-4-10(12)14-18)11(17)8-3-5-13-7-9(8)16/h3,5,7,16,18H,2,4,6H2,1H3,(H2,12,14). The van der Waals surface area contributed by atoms with Gasteiger partial charge in [-0.25, -0.2) is 0 Å². The van der Waals surface area contributed by atoms with E-state index in [0.717, 1.165) is 0 Å². The zero-order chi connectivity index (χ0) is 13.5. The SMILES string of the molecule is CCN(CC/C(N)=N/O)C(=O)c1ccncc1O. The van der Waals surface area contributed by atoms with Gasteiger partial charge >= 0.3 is 0 Å². The van der Waals surface area contributed by atoms with E-state index in [0.29, 0.717) is 13.1 Å². The van der Waals surface area contributed by atoms with Crippen molar-refractivity contribution >= 4 is 11.7 Å². The normalized spacial score (nSPS) is 11.3. The van der Waals surface area contributed by atoms with Gasteiger partial charge in [0.1, 0.15) is 11.6 Å². The Morgan fingerprint density at radius 1 is 1.61 bits per heavy atom.